The number of hydrogen-bond acceptors (Lipinski definition) is 4. The van der Waals surface area contributed by atoms with Crippen LogP contribution in [-0.2, 0) is 0 Å². The molecular formula is C12H23N3S. The van der Waals surface area contributed by atoms with Crippen molar-refractivity contribution >= 4 is 17.7 Å². The summed E-state index contributed by atoms with van der Waals surface area (Å²) in [6.07, 6.45) is 6.59. The monoisotopic (exact) mass is 241 g/mol. The number of thioether (sulfide) groups is 1. The highest BCUT2D eigenvalue weighted by atomic mass is 32.2. The molecule has 0 radical (unpaired) electrons. The summed E-state index contributed by atoms with van der Waals surface area (Å²) in [5.41, 5.74) is 6.02. The van der Waals surface area contributed by atoms with E-state index in [9.17, 15) is 0 Å². The Morgan fingerprint density at radius 1 is 1.44 bits per heavy atom. The molecule has 1 unspecified atom stereocenters. The zero-order valence-electron chi connectivity index (χ0n) is 10.2. The average molecular weight is 241 g/mol. The molecule has 1 saturated carbocycles. The van der Waals surface area contributed by atoms with Gasteiger partial charge in [0.05, 0.1) is 12.6 Å². The van der Waals surface area contributed by atoms with Crippen molar-refractivity contribution < 1.29 is 0 Å². The van der Waals surface area contributed by atoms with E-state index in [0.29, 0.717) is 12.1 Å². The van der Waals surface area contributed by atoms with Crippen LogP contribution in [0.1, 0.15) is 39.0 Å². The summed E-state index contributed by atoms with van der Waals surface area (Å²) < 4.78 is 0. The highest BCUT2D eigenvalue weighted by molar-refractivity contribution is 7.99. The van der Waals surface area contributed by atoms with Gasteiger partial charge >= 0.3 is 0 Å². The highest BCUT2D eigenvalue weighted by Crippen LogP contribution is 2.28. The van der Waals surface area contributed by atoms with E-state index >= 15 is 0 Å². The second kappa shape index (κ2) is 5.80. The van der Waals surface area contributed by atoms with E-state index < -0.39 is 0 Å². The third-order valence-corrected chi connectivity index (χ3v) is 4.57. The predicted octanol–water partition coefficient (Wildman–Crippen LogP) is 2.07. The molecule has 1 aliphatic heterocycles. The third-order valence-electron chi connectivity index (χ3n) is 3.64. The van der Waals surface area contributed by atoms with Crippen LogP contribution in [0, 0.1) is 0 Å². The summed E-state index contributed by atoms with van der Waals surface area (Å²) in [4.78, 5) is 6.85. The standard InChI is InChI=1S/C12H23N3S/c1-2-16-8-7-11-9-14-12(13)15(11)10-5-3-4-6-10/h10-11H,2-9H2,1H3,(H2,13,14). The van der Waals surface area contributed by atoms with Crippen LogP contribution < -0.4 is 5.73 Å². The minimum absolute atomic E-state index is 0.585. The first-order valence-electron chi connectivity index (χ1n) is 6.49. The van der Waals surface area contributed by atoms with Crippen molar-refractivity contribution in [3.63, 3.8) is 0 Å². The topological polar surface area (TPSA) is 41.6 Å². The van der Waals surface area contributed by atoms with Gasteiger partial charge in [-0.15, -0.1) is 0 Å². The van der Waals surface area contributed by atoms with Crippen LogP contribution in [0.4, 0.5) is 0 Å². The molecule has 3 nitrogen and oxygen atoms in total. The van der Waals surface area contributed by atoms with Crippen molar-refractivity contribution in [1.29, 1.82) is 0 Å². The van der Waals surface area contributed by atoms with Crippen LogP contribution in [0.5, 0.6) is 0 Å². The number of aliphatic imine (C=N–C) groups is 1. The van der Waals surface area contributed by atoms with Crippen LogP contribution in [0.15, 0.2) is 4.99 Å². The van der Waals surface area contributed by atoms with E-state index in [1.165, 1.54) is 43.6 Å². The van der Waals surface area contributed by atoms with E-state index in [0.717, 1.165) is 12.5 Å². The zero-order chi connectivity index (χ0) is 11.4. The predicted molar refractivity (Wildman–Crippen MR) is 72.0 cm³/mol. The van der Waals surface area contributed by atoms with Crippen LogP contribution in [-0.4, -0.2) is 41.0 Å². The summed E-state index contributed by atoms with van der Waals surface area (Å²) >= 11 is 2.02. The minimum atomic E-state index is 0.585. The molecule has 2 N–H and O–H groups in total. The molecule has 1 fully saturated rings. The van der Waals surface area contributed by atoms with Crippen LogP contribution >= 0.6 is 11.8 Å². The molecule has 1 heterocycles. The van der Waals surface area contributed by atoms with Gasteiger partial charge in [-0.2, -0.15) is 11.8 Å². The molecule has 0 bridgehead atoms. The summed E-state index contributed by atoms with van der Waals surface area (Å²) in [6, 6.07) is 1.27. The molecule has 2 rings (SSSR count). The Kier molecular flexibility index (Phi) is 4.38. The fourth-order valence-corrected chi connectivity index (χ4v) is 3.54. The van der Waals surface area contributed by atoms with E-state index in [1.807, 2.05) is 11.8 Å². The molecule has 0 aromatic heterocycles. The van der Waals surface area contributed by atoms with Crippen molar-refractivity contribution in [3.05, 3.63) is 0 Å². The van der Waals surface area contributed by atoms with E-state index in [4.69, 9.17) is 5.73 Å². The van der Waals surface area contributed by atoms with Crippen molar-refractivity contribution in [2.45, 2.75) is 51.1 Å². The first-order valence-corrected chi connectivity index (χ1v) is 7.64. The van der Waals surface area contributed by atoms with Gasteiger partial charge in [-0.3, -0.25) is 4.99 Å². The van der Waals surface area contributed by atoms with Gasteiger partial charge in [-0.25, -0.2) is 0 Å². The lowest BCUT2D eigenvalue weighted by atomic mass is 10.1. The second-order valence-electron chi connectivity index (χ2n) is 4.68. The lowest BCUT2D eigenvalue weighted by Crippen LogP contribution is -2.46. The zero-order valence-corrected chi connectivity index (χ0v) is 11.0. The van der Waals surface area contributed by atoms with Crippen LogP contribution in [0.25, 0.3) is 0 Å². The first kappa shape index (κ1) is 12.1. The Balaban J connectivity index is 1.87. The van der Waals surface area contributed by atoms with E-state index in [2.05, 4.69) is 16.8 Å². The maximum absolute atomic E-state index is 6.02. The van der Waals surface area contributed by atoms with Crippen LogP contribution in [0.2, 0.25) is 0 Å². The quantitative estimate of drug-likeness (QED) is 0.749. The number of hydrogen-bond donors (Lipinski definition) is 1. The van der Waals surface area contributed by atoms with Gasteiger partial charge in [0.2, 0.25) is 0 Å². The summed E-state index contributed by atoms with van der Waals surface area (Å²) in [7, 11) is 0. The molecule has 16 heavy (non-hydrogen) atoms. The highest BCUT2D eigenvalue weighted by Gasteiger charge is 2.33. The second-order valence-corrected chi connectivity index (χ2v) is 6.08. The number of guanidine groups is 1. The van der Waals surface area contributed by atoms with Gasteiger partial charge in [0.15, 0.2) is 5.96 Å². The summed E-state index contributed by atoms with van der Waals surface area (Å²) in [5.74, 6) is 3.26. The molecule has 0 amide bonds. The molecule has 0 spiro atoms. The molecule has 1 aliphatic carbocycles. The molecule has 2 aliphatic rings. The average Bonchev–Trinajstić information content (AvgIpc) is 2.88. The Hall–Kier alpha value is -0.380. The SMILES string of the molecule is CCSCCC1CN=C(N)N1C1CCCC1. The Morgan fingerprint density at radius 3 is 2.88 bits per heavy atom. The van der Waals surface area contributed by atoms with Crippen LogP contribution in [0.3, 0.4) is 0 Å². The van der Waals surface area contributed by atoms with E-state index in [-0.39, 0.29) is 0 Å². The third kappa shape index (κ3) is 2.65. The Labute approximate surface area is 103 Å². The number of nitrogens with two attached hydrogens (primary N) is 1. The van der Waals surface area contributed by atoms with Gasteiger partial charge in [0.25, 0.3) is 0 Å². The smallest absolute Gasteiger partial charge is 0.191 e. The van der Waals surface area contributed by atoms with E-state index in [1.54, 1.807) is 0 Å². The lowest BCUT2D eigenvalue weighted by molar-refractivity contribution is 0.255. The minimum Gasteiger partial charge on any atom is -0.370 e. The summed E-state index contributed by atoms with van der Waals surface area (Å²) in [6.45, 7) is 3.14. The number of rotatable bonds is 5. The normalized spacial score (nSPS) is 26.4. The molecule has 4 heteroatoms. The number of nitrogens with zero attached hydrogens (tertiary/aromatic N) is 2. The van der Waals surface area contributed by atoms with Crippen molar-refractivity contribution in [2.75, 3.05) is 18.1 Å². The molecule has 92 valence electrons. The van der Waals surface area contributed by atoms with Gasteiger partial charge < -0.3 is 10.6 Å². The van der Waals surface area contributed by atoms with Crippen molar-refractivity contribution in [1.82, 2.24) is 4.90 Å². The lowest BCUT2D eigenvalue weighted by Gasteiger charge is -2.32. The largest absolute Gasteiger partial charge is 0.370 e. The maximum atomic E-state index is 6.02. The molecule has 1 atom stereocenters. The van der Waals surface area contributed by atoms with Crippen molar-refractivity contribution in [2.24, 2.45) is 10.7 Å². The molecular weight excluding hydrogens is 218 g/mol. The van der Waals surface area contributed by atoms with Crippen molar-refractivity contribution in [3.8, 4) is 0 Å². The van der Waals surface area contributed by atoms with Gasteiger partial charge in [-0.1, -0.05) is 19.8 Å². The molecule has 0 aromatic carbocycles. The van der Waals surface area contributed by atoms with Gasteiger partial charge in [0, 0.05) is 6.04 Å². The first-order chi connectivity index (χ1) is 7.83. The molecule has 0 saturated heterocycles. The Morgan fingerprint density at radius 2 is 2.19 bits per heavy atom. The van der Waals surface area contributed by atoms with Gasteiger partial charge in [0.1, 0.15) is 0 Å². The van der Waals surface area contributed by atoms with Gasteiger partial charge in [-0.05, 0) is 30.8 Å². The fraction of sp³-hybridized carbons (Fsp3) is 0.917. The molecule has 0 aromatic rings. The maximum Gasteiger partial charge on any atom is 0.191 e. The summed E-state index contributed by atoms with van der Waals surface area (Å²) in [5, 5.41) is 0. The fourth-order valence-electron chi connectivity index (χ4n) is 2.82. The Bertz CT molecular complexity index is 249.